The molecule has 1 atom stereocenters. The third-order valence-electron chi connectivity index (χ3n) is 4.76. The Morgan fingerprint density at radius 2 is 2.04 bits per heavy atom. The van der Waals surface area contributed by atoms with Crippen LogP contribution >= 0.6 is 0 Å². The van der Waals surface area contributed by atoms with Crippen LogP contribution in [0, 0.1) is 13.8 Å². The third-order valence-corrected chi connectivity index (χ3v) is 4.76. The van der Waals surface area contributed by atoms with Gasteiger partial charge >= 0.3 is 0 Å². The number of nitrogens with zero attached hydrogens (tertiary/aromatic N) is 4. The molecule has 0 aromatic carbocycles. The van der Waals surface area contributed by atoms with Crippen LogP contribution in [0.3, 0.4) is 0 Å². The Balaban J connectivity index is 1.96. The molecule has 1 amide bonds. The van der Waals surface area contributed by atoms with Gasteiger partial charge in [-0.3, -0.25) is 14.3 Å². The number of hydrogen-bond acceptors (Lipinski definition) is 3. The second-order valence-electron chi connectivity index (χ2n) is 6.23. The van der Waals surface area contributed by atoms with Crippen LogP contribution < -0.4 is 5.56 Å². The number of aryl methyl sites for hydroxylation is 3. The molecule has 3 rings (SSSR count). The third kappa shape index (κ3) is 2.58. The molecule has 122 valence electrons. The number of carbonyl (C=O) groups is 1. The lowest BCUT2D eigenvalue weighted by Gasteiger charge is -2.25. The van der Waals surface area contributed by atoms with Crippen molar-refractivity contribution in [2.24, 2.45) is 14.1 Å². The zero-order chi connectivity index (χ0) is 16.7. The molecule has 0 bridgehead atoms. The van der Waals surface area contributed by atoms with Crippen LogP contribution in [0.15, 0.2) is 23.1 Å². The van der Waals surface area contributed by atoms with Gasteiger partial charge in [0.05, 0.1) is 11.7 Å². The second kappa shape index (κ2) is 5.68. The molecular formula is C17H22N4O2. The van der Waals surface area contributed by atoms with Gasteiger partial charge in [-0.25, -0.2) is 0 Å². The van der Waals surface area contributed by atoms with Gasteiger partial charge in [0.2, 0.25) is 0 Å². The quantitative estimate of drug-likeness (QED) is 0.848. The molecule has 0 saturated carbocycles. The van der Waals surface area contributed by atoms with Gasteiger partial charge < -0.3 is 9.47 Å². The molecule has 0 unspecified atom stereocenters. The number of amides is 1. The van der Waals surface area contributed by atoms with E-state index in [0.29, 0.717) is 12.1 Å². The number of rotatable bonds is 2. The molecule has 1 aliphatic rings. The van der Waals surface area contributed by atoms with Gasteiger partial charge in [-0.05, 0) is 32.8 Å². The number of likely N-dealkylation sites (tertiary alicyclic amines) is 1. The number of aromatic nitrogens is 3. The molecule has 0 spiro atoms. The zero-order valence-corrected chi connectivity index (χ0v) is 14.0. The van der Waals surface area contributed by atoms with Crippen molar-refractivity contribution in [3.63, 3.8) is 0 Å². The van der Waals surface area contributed by atoms with E-state index in [1.165, 1.54) is 10.6 Å². The van der Waals surface area contributed by atoms with Gasteiger partial charge in [0.1, 0.15) is 0 Å². The van der Waals surface area contributed by atoms with Crippen LogP contribution in [0.2, 0.25) is 0 Å². The van der Waals surface area contributed by atoms with Crippen molar-refractivity contribution in [2.75, 3.05) is 6.54 Å². The fraction of sp³-hybridized carbons (Fsp3) is 0.471. The summed E-state index contributed by atoms with van der Waals surface area (Å²) in [6.45, 7) is 4.74. The lowest BCUT2D eigenvalue weighted by atomic mass is 10.0. The number of hydrogen-bond donors (Lipinski definition) is 0. The smallest absolute Gasteiger partial charge is 0.254 e. The van der Waals surface area contributed by atoms with Crippen LogP contribution in [0.1, 0.15) is 46.2 Å². The highest BCUT2D eigenvalue weighted by molar-refractivity contribution is 5.94. The summed E-state index contributed by atoms with van der Waals surface area (Å²) in [5.74, 6) is -0.0761. The maximum Gasteiger partial charge on any atom is 0.254 e. The Bertz CT molecular complexity index is 818. The first-order valence-electron chi connectivity index (χ1n) is 7.88. The van der Waals surface area contributed by atoms with Crippen molar-refractivity contribution in [3.8, 4) is 0 Å². The minimum absolute atomic E-state index is 0.0419. The van der Waals surface area contributed by atoms with Gasteiger partial charge in [-0.1, -0.05) is 0 Å². The Kier molecular flexibility index (Phi) is 3.83. The molecule has 0 N–H and O–H groups in total. The maximum atomic E-state index is 12.9. The van der Waals surface area contributed by atoms with E-state index in [9.17, 15) is 9.59 Å². The summed E-state index contributed by atoms with van der Waals surface area (Å²) in [6, 6.07) is 3.17. The average molecular weight is 314 g/mol. The average Bonchev–Trinajstić information content (AvgIpc) is 3.06. The summed E-state index contributed by atoms with van der Waals surface area (Å²) in [7, 11) is 3.60. The molecule has 6 heteroatoms. The van der Waals surface area contributed by atoms with E-state index in [0.717, 1.165) is 29.8 Å². The Hall–Kier alpha value is -2.37. The maximum absolute atomic E-state index is 12.9. The molecule has 0 radical (unpaired) electrons. The normalized spacial score (nSPS) is 17.7. The second-order valence-corrected chi connectivity index (χ2v) is 6.23. The Morgan fingerprint density at radius 3 is 2.65 bits per heavy atom. The summed E-state index contributed by atoms with van der Waals surface area (Å²) in [4.78, 5) is 26.6. The molecule has 3 heterocycles. The summed E-state index contributed by atoms with van der Waals surface area (Å²) < 4.78 is 3.33. The Labute approximate surface area is 135 Å². The van der Waals surface area contributed by atoms with Crippen LogP contribution in [0.25, 0.3) is 0 Å². The van der Waals surface area contributed by atoms with E-state index < -0.39 is 0 Å². The summed E-state index contributed by atoms with van der Waals surface area (Å²) in [6.07, 6.45) is 3.54. The van der Waals surface area contributed by atoms with E-state index in [4.69, 9.17) is 0 Å². The van der Waals surface area contributed by atoms with E-state index in [-0.39, 0.29) is 17.5 Å². The van der Waals surface area contributed by atoms with Crippen LogP contribution in [-0.4, -0.2) is 31.7 Å². The SMILES string of the molecule is Cc1nn(C)c(C)c1[C@H]1CCCN1C(=O)c1ccn(C)c(=O)c1. The molecule has 6 nitrogen and oxygen atoms in total. The summed E-state index contributed by atoms with van der Waals surface area (Å²) in [5, 5.41) is 4.47. The first kappa shape index (κ1) is 15.5. The van der Waals surface area contributed by atoms with Crippen molar-refractivity contribution in [2.45, 2.75) is 32.7 Å². The number of carbonyl (C=O) groups excluding carboxylic acids is 1. The highest BCUT2D eigenvalue weighted by atomic mass is 16.2. The standard InChI is InChI=1S/C17H22N4O2/c1-11-16(12(2)20(4)18-11)14-6-5-8-21(14)17(23)13-7-9-19(3)15(22)10-13/h7,9-10,14H,5-6,8H2,1-4H3/t14-/m1/s1. The monoisotopic (exact) mass is 314 g/mol. The minimum atomic E-state index is -0.166. The predicted molar refractivity (Wildman–Crippen MR) is 87.4 cm³/mol. The van der Waals surface area contributed by atoms with Crippen LogP contribution in [0.5, 0.6) is 0 Å². The molecule has 1 fully saturated rings. The molecule has 0 aliphatic carbocycles. The fourth-order valence-electron chi connectivity index (χ4n) is 3.43. The van der Waals surface area contributed by atoms with Crippen molar-refractivity contribution < 1.29 is 4.79 Å². The molecular weight excluding hydrogens is 292 g/mol. The topological polar surface area (TPSA) is 60.1 Å². The molecule has 1 aliphatic heterocycles. The molecule has 23 heavy (non-hydrogen) atoms. The van der Waals surface area contributed by atoms with Gasteiger partial charge in [0, 0.05) is 49.7 Å². The van der Waals surface area contributed by atoms with E-state index in [1.807, 2.05) is 30.5 Å². The van der Waals surface area contributed by atoms with E-state index in [1.54, 1.807) is 19.3 Å². The van der Waals surface area contributed by atoms with Gasteiger partial charge in [-0.2, -0.15) is 5.10 Å². The largest absolute Gasteiger partial charge is 0.331 e. The minimum Gasteiger partial charge on any atom is -0.331 e. The molecule has 2 aromatic rings. The first-order valence-corrected chi connectivity index (χ1v) is 7.88. The van der Waals surface area contributed by atoms with Crippen LogP contribution in [-0.2, 0) is 14.1 Å². The van der Waals surface area contributed by atoms with Crippen molar-refractivity contribution in [1.29, 1.82) is 0 Å². The van der Waals surface area contributed by atoms with Crippen molar-refractivity contribution in [3.05, 3.63) is 51.2 Å². The lowest BCUT2D eigenvalue weighted by molar-refractivity contribution is 0.0734. The summed E-state index contributed by atoms with van der Waals surface area (Å²) in [5.41, 5.74) is 3.50. The van der Waals surface area contributed by atoms with Gasteiger partial charge in [0.15, 0.2) is 0 Å². The van der Waals surface area contributed by atoms with Crippen molar-refractivity contribution >= 4 is 5.91 Å². The summed E-state index contributed by atoms with van der Waals surface area (Å²) >= 11 is 0. The molecule has 2 aromatic heterocycles. The zero-order valence-electron chi connectivity index (χ0n) is 14.0. The highest BCUT2D eigenvalue weighted by Gasteiger charge is 2.34. The highest BCUT2D eigenvalue weighted by Crippen LogP contribution is 2.36. The predicted octanol–water partition coefficient (Wildman–Crippen LogP) is 1.71. The van der Waals surface area contributed by atoms with Crippen molar-refractivity contribution in [1.82, 2.24) is 19.2 Å². The van der Waals surface area contributed by atoms with E-state index in [2.05, 4.69) is 5.10 Å². The lowest BCUT2D eigenvalue weighted by Crippen LogP contribution is -2.32. The first-order chi connectivity index (χ1) is 10.9. The van der Waals surface area contributed by atoms with Crippen LogP contribution in [0.4, 0.5) is 0 Å². The van der Waals surface area contributed by atoms with Gasteiger partial charge in [0.25, 0.3) is 11.5 Å². The van der Waals surface area contributed by atoms with Gasteiger partial charge in [-0.15, -0.1) is 0 Å². The number of pyridine rings is 1. The molecule has 1 saturated heterocycles. The van der Waals surface area contributed by atoms with E-state index >= 15 is 0 Å². The fourth-order valence-corrected chi connectivity index (χ4v) is 3.43. The Morgan fingerprint density at radius 1 is 1.30 bits per heavy atom.